The van der Waals surface area contributed by atoms with Crippen molar-refractivity contribution in [2.45, 2.75) is 12.6 Å². The molecule has 2 heteroatoms. The van der Waals surface area contributed by atoms with Gasteiger partial charge in [-0.3, -0.25) is 4.90 Å². The van der Waals surface area contributed by atoms with Gasteiger partial charge in [0.15, 0.2) is 0 Å². The van der Waals surface area contributed by atoms with Crippen LogP contribution in [-0.2, 0) is 6.54 Å². The maximum atomic E-state index is 2.42. The van der Waals surface area contributed by atoms with Gasteiger partial charge in [0, 0.05) is 24.1 Å². The summed E-state index contributed by atoms with van der Waals surface area (Å²) in [6.45, 7) is 0.956. The summed E-state index contributed by atoms with van der Waals surface area (Å²) in [5.74, 6) is 0. The summed E-state index contributed by atoms with van der Waals surface area (Å²) in [6, 6.07) is 24.1. The molecule has 0 amide bonds. The number of fused-ring (bicyclic) bond motifs is 3. The van der Waals surface area contributed by atoms with Crippen molar-refractivity contribution in [2.24, 2.45) is 0 Å². The molecule has 2 nitrogen and oxygen atoms in total. The zero-order valence-electron chi connectivity index (χ0n) is 12.1. The largest absolute Gasteiger partial charge is 0.319 e. The van der Waals surface area contributed by atoms with Crippen LogP contribution in [0.4, 0.5) is 0 Å². The molecule has 1 aromatic heterocycles. The number of hydrogen-bond acceptors (Lipinski definition) is 1. The third kappa shape index (κ3) is 1.99. The number of aromatic nitrogens is 1. The maximum Gasteiger partial charge on any atom is 0.0760 e. The molecule has 4 rings (SSSR count). The van der Waals surface area contributed by atoms with Gasteiger partial charge in [0.25, 0.3) is 0 Å². The monoisotopic (exact) mass is 274 g/mol. The van der Waals surface area contributed by atoms with E-state index in [1.54, 1.807) is 0 Å². The van der Waals surface area contributed by atoms with Crippen LogP contribution in [0.25, 0.3) is 5.69 Å². The molecule has 3 aromatic rings. The van der Waals surface area contributed by atoms with Crippen LogP contribution in [0.1, 0.15) is 22.9 Å². The van der Waals surface area contributed by atoms with Gasteiger partial charge >= 0.3 is 0 Å². The Morgan fingerprint density at radius 3 is 2.48 bits per heavy atom. The van der Waals surface area contributed by atoms with E-state index in [0.29, 0.717) is 0 Å². The average molecular weight is 274 g/mol. The highest BCUT2D eigenvalue weighted by atomic mass is 15.2. The van der Waals surface area contributed by atoms with Gasteiger partial charge in [-0.05, 0) is 36.4 Å². The van der Waals surface area contributed by atoms with Gasteiger partial charge in [-0.1, -0.05) is 48.5 Å². The number of para-hydroxylation sites is 1. The quantitative estimate of drug-likeness (QED) is 0.651. The van der Waals surface area contributed by atoms with Gasteiger partial charge in [-0.15, -0.1) is 0 Å². The van der Waals surface area contributed by atoms with Gasteiger partial charge in [0.2, 0.25) is 0 Å². The minimum atomic E-state index is 0.286. The van der Waals surface area contributed by atoms with Crippen LogP contribution in [-0.4, -0.2) is 16.5 Å². The molecule has 1 aliphatic heterocycles. The van der Waals surface area contributed by atoms with E-state index < -0.39 is 0 Å². The van der Waals surface area contributed by atoms with Crippen molar-refractivity contribution in [3.05, 3.63) is 89.7 Å². The highest BCUT2D eigenvalue weighted by Gasteiger charge is 2.26. The molecule has 1 atom stereocenters. The lowest BCUT2D eigenvalue weighted by Crippen LogP contribution is -2.24. The Bertz CT molecular complexity index is 758. The first-order chi connectivity index (χ1) is 10.3. The Kier molecular flexibility index (Phi) is 2.90. The van der Waals surface area contributed by atoms with Crippen LogP contribution in [0.5, 0.6) is 0 Å². The average Bonchev–Trinajstić information content (AvgIpc) is 2.94. The Balaban J connectivity index is 1.93. The highest BCUT2D eigenvalue weighted by Crippen LogP contribution is 2.35. The molecule has 0 bridgehead atoms. The Hall–Kier alpha value is -2.32. The summed E-state index contributed by atoms with van der Waals surface area (Å²) in [5.41, 5.74) is 5.33. The third-order valence-corrected chi connectivity index (χ3v) is 4.29. The molecular weight excluding hydrogens is 256 g/mol. The topological polar surface area (TPSA) is 8.17 Å². The summed E-state index contributed by atoms with van der Waals surface area (Å²) < 4.78 is 2.33. The van der Waals surface area contributed by atoms with E-state index in [9.17, 15) is 0 Å². The van der Waals surface area contributed by atoms with Crippen molar-refractivity contribution in [3.8, 4) is 5.69 Å². The lowest BCUT2D eigenvalue weighted by atomic mass is 10.0. The Labute approximate surface area is 125 Å². The lowest BCUT2D eigenvalue weighted by Gasteiger charge is -2.26. The molecule has 0 radical (unpaired) electrons. The molecule has 0 spiro atoms. The van der Waals surface area contributed by atoms with Crippen molar-refractivity contribution in [1.29, 1.82) is 0 Å². The van der Waals surface area contributed by atoms with E-state index in [-0.39, 0.29) is 6.04 Å². The lowest BCUT2D eigenvalue weighted by molar-refractivity contribution is 0.270. The number of benzene rings is 2. The number of rotatable bonds is 1. The summed E-state index contributed by atoms with van der Waals surface area (Å²) in [7, 11) is 2.21. The molecule has 0 saturated heterocycles. The van der Waals surface area contributed by atoms with Crippen molar-refractivity contribution < 1.29 is 0 Å². The van der Waals surface area contributed by atoms with Crippen LogP contribution in [0.15, 0.2) is 72.9 Å². The molecule has 0 aliphatic carbocycles. The molecule has 1 aliphatic rings. The van der Waals surface area contributed by atoms with Gasteiger partial charge in [0.1, 0.15) is 0 Å². The molecule has 2 heterocycles. The SMILES string of the molecule is CN1Cc2ccccc2-n2cccc2C1c1ccccc1. The highest BCUT2D eigenvalue weighted by molar-refractivity contribution is 5.46. The molecular formula is C19H18N2. The minimum absolute atomic E-state index is 0.286. The summed E-state index contributed by atoms with van der Waals surface area (Å²) in [4.78, 5) is 2.42. The van der Waals surface area contributed by atoms with Crippen molar-refractivity contribution in [2.75, 3.05) is 7.05 Å². The summed E-state index contributed by atoms with van der Waals surface area (Å²) in [5, 5.41) is 0. The predicted octanol–water partition coefficient (Wildman–Crippen LogP) is 4.01. The first-order valence-electron chi connectivity index (χ1n) is 7.35. The van der Waals surface area contributed by atoms with E-state index in [4.69, 9.17) is 0 Å². The number of nitrogens with zero attached hydrogens (tertiary/aromatic N) is 2. The summed E-state index contributed by atoms with van der Waals surface area (Å²) in [6.07, 6.45) is 2.17. The fourth-order valence-electron chi connectivity index (χ4n) is 3.36. The minimum Gasteiger partial charge on any atom is -0.319 e. The van der Waals surface area contributed by atoms with E-state index >= 15 is 0 Å². The third-order valence-electron chi connectivity index (χ3n) is 4.29. The van der Waals surface area contributed by atoms with Crippen molar-refractivity contribution in [1.82, 2.24) is 9.47 Å². The van der Waals surface area contributed by atoms with Gasteiger partial charge in [-0.2, -0.15) is 0 Å². The second-order valence-electron chi connectivity index (χ2n) is 5.66. The molecule has 2 aromatic carbocycles. The van der Waals surface area contributed by atoms with E-state index in [0.717, 1.165) is 6.54 Å². The fourth-order valence-corrected chi connectivity index (χ4v) is 3.36. The molecule has 0 fully saturated rings. The van der Waals surface area contributed by atoms with Gasteiger partial charge in [-0.25, -0.2) is 0 Å². The van der Waals surface area contributed by atoms with E-state index in [2.05, 4.69) is 89.4 Å². The normalized spacial score (nSPS) is 17.9. The second kappa shape index (κ2) is 4.90. The molecule has 0 N–H and O–H groups in total. The van der Waals surface area contributed by atoms with E-state index in [1.807, 2.05) is 0 Å². The smallest absolute Gasteiger partial charge is 0.0760 e. The zero-order valence-corrected chi connectivity index (χ0v) is 12.1. The molecule has 104 valence electrons. The zero-order chi connectivity index (χ0) is 14.2. The molecule has 21 heavy (non-hydrogen) atoms. The fraction of sp³-hybridized carbons (Fsp3) is 0.158. The molecule has 1 unspecified atom stereocenters. The van der Waals surface area contributed by atoms with Crippen LogP contribution < -0.4 is 0 Å². The van der Waals surface area contributed by atoms with Crippen LogP contribution in [0.2, 0.25) is 0 Å². The first-order valence-corrected chi connectivity index (χ1v) is 7.35. The Morgan fingerprint density at radius 2 is 1.62 bits per heavy atom. The van der Waals surface area contributed by atoms with Gasteiger partial charge in [0.05, 0.1) is 6.04 Å². The molecule has 0 saturated carbocycles. The van der Waals surface area contributed by atoms with Crippen LogP contribution in [0, 0.1) is 0 Å². The van der Waals surface area contributed by atoms with Gasteiger partial charge < -0.3 is 4.57 Å². The Morgan fingerprint density at radius 1 is 0.857 bits per heavy atom. The maximum absolute atomic E-state index is 2.42. The standard InChI is InChI=1S/C19H18N2/c1-20-14-16-10-5-6-11-17(16)21-13-7-12-18(21)19(20)15-8-3-2-4-9-15/h2-13,19H,14H2,1H3. The van der Waals surface area contributed by atoms with E-state index in [1.165, 1.54) is 22.5 Å². The number of hydrogen-bond donors (Lipinski definition) is 0. The summed E-state index contributed by atoms with van der Waals surface area (Å²) >= 11 is 0. The van der Waals surface area contributed by atoms with Crippen LogP contribution in [0.3, 0.4) is 0 Å². The first kappa shape index (κ1) is 12.4. The van der Waals surface area contributed by atoms with Crippen molar-refractivity contribution in [3.63, 3.8) is 0 Å². The van der Waals surface area contributed by atoms with Crippen LogP contribution >= 0.6 is 0 Å². The predicted molar refractivity (Wildman–Crippen MR) is 85.5 cm³/mol. The second-order valence-corrected chi connectivity index (χ2v) is 5.66. The van der Waals surface area contributed by atoms with Crippen molar-refractivity contribution >= 4 is 0 Å².